The zero-order valence-corrected chi connectivity index (χ0v) is 12.8. The molecule has 0 bridgehead atoms. The summed E-state index contributed by atoms with van der Waals surface area (Å²) in [4.78, 5) is 8.69. The van der Waals surface area contributed by atoms with Crippen LogP contribution in [0, 0.1) is 6.92 Å². The number of hydrogen-bond donors (Lipinski definition) is 2. The molecule has 6 nitrogen and oxygen atoms in total. The monoisotopic (exact) mass is 298 g/mol. The quantitative estimate of drug-likeness (QED) is 0.859. The van der Waals surface area contributed by atoms with Gasteiger partial charge in [-0.15, -0.1) is 0 Å². The number of sulfone groups is 1. The molecule has 2 rings (SSSR count). The summed E-state index contributed by atoms with van der Waals surface area (Å²) in [5.74, 6) is 1.93. The maximum Gasteiger partial charge on any atom is 0.224 e. The molecule has 0 unspecified atom stereocenters. The van der Waals surface area contributed by atoms with Crippen LogP contribution in [0.15, 0.2) is 6.20 Å². The van der Waals surface area contributed by atoms with Gasteiger partial charge >= 0.3 is 0 Å². The lowest BCUT2D eigenvalue weighted by molar-refractivity contribution is 0.559. The highest BCUT2D eigenvalue weighted by Gasteiger charge is 2.24. The van der Waals surface area contributed by atoms with Gasteiger partial charge < -0.3 is 10.6 Å². The normalized spacial score (nSPS) is 18.7. The Morgan fingerprint density at radius 3 is 2.70 bits per heavy atom. The molecule has 7 heteroatoms. The van der Waals surface area contributed by atoms with E-state index in [1.54, 1.807) is 6.20 Å². The minimum atomic E-state index is -2.82. The molecular weight excluding hydrogens is 276 g/mol. The Bertz CT molecular complexity index is 545. The molecule has 0 atom stereocenters. The summed E-state index contributed by atoms with van der Waals surface area (Å²) in [5.41, 5.74) is 0.973. The van der Waals surface area contributed by atoms with Gasteiger partial charge in [-0.1, -0.05) is 6.92 Å². The summed E-state index contributed by atoms with van der Waals surface area (Å²) >= 11 is 0. The maximum atomic E-state index is 11.4. The molecule has 112 valence electrons. The van der Waals surface area contributed by atoms with Gasteiger partial charge in [-0.25, -0.2) is 13.4 Å². The molecule has 1 saturated heterocycles. The number of nitrogens with zero attached hydrogens (tertiary/aromatic N) is 2. The minimum Gasteiger partial charge on any atom is -0.367 e. The van der Waals surface area contributed by atoms with Crippen LogP contribution in [-0.2, 0) is 9.84 Å². The topological polar surface area (TPSA) is 84.0 Å². The van der Waals surface area contributed by atoms with E-state index in [0.29, 0.717) is 18.8 Å². The van der Waals surface area contributed by atoms with E-state index in [0.717, 1.165) is 24.3 Å². The highest BCUT2D eigenvalue weighted by atomic mass is 32.2. The first-order valence-electron chi connectivity index (χ1n) is 7.04. The largest absolute Gasteiger partial charge is 0.367 e. The van der Waals surface area contributed by atoms with Crippen LogP contribution in [0.3, 0.4) is 0 Å². The highest BCUT2D eigenvalue weighted by Crippen LogP contribution is 2.19. The van der Waals surface area contributed by atoms with Crippen molar-refractivity contribution in [3.05, 3.63) is 11.8 Å². The number of rotatable bonds is 5. The Kier molecular flexibility index (Phi) is 4.80. The fraction of sp³-hybridized carbons (Fsp3) is 0.692. The predicted octanol–water partition coefficient (Wildman–Crippen LogP) is 1.60. The van der Waals surface area contributed by atoms with Crippen LogP contribution in [0.25, 0.3) is 0 Å². The number of anilines is 2. The molecular formula is C13H22N4O2S. The number of aromatic nitrogens is 2. The van der Waals surface area contributed by atoms with Gasteiger partial charge in [0.25, 0.3) is 0 Å². The third-order valence-electron chi connectivity index (χ3n) is 3.40. The molecule has 0 aliphatic carbocycles. The highest BCUT2D eigenvalue weighted by molar-refractivity contribution is 7.91. The molecule has 2 heterocycles. The van der Waals surface area contributed by atoms with Crippen molar-refractivity contribution in [1.29, 1.82) is 0 Å². The smallest absolute Gasteiger partial charge is 0.224 e. The molecule has 0 saturated carbocycles. The number of nitrogens with one attached hydrogen (secondary N) is 2. The van der Waals surface area contributed by atoms with E-state index in [4.69, 9.17) is 0 Å². The number of aryl methyl sites for hydroxylation is 1. The molecule has 1 aliphatic rings. The SMILES string of the molecule is CCCNc1ncc(C)c(NC2CCS(=O)(=O)CC2)n1. The van der Waals surface area contributed by atoms with Gasteiger partial charge in [-0.2, -0.15) is 4.98 Å². The zero-order valence-electron chi connectivity index (χ0n) is 12.0. The summed E-state index contributed by atoms with van der Waals surface area (Å²) in [5, 5.41) is 6.50. The van der Waals surface area contributed by atoms with Crippen molar-refractivity contribution in [2.45, 2.75) is 39.2 Å². The van der Waals surface area contributed by atoms with Gasteiger partial charge in [0.2, 0.25) is 5.95 Å². The second-order valence-electron chi connectivity index (χ2n) is 5.22. The second-order valence-corrected chi connectivity index (χ2v) is 7.53. The van der Waals surface area contributed by atoms with E-state index in [9.17, 15) is 8.42 Å². The fourth-order valence-corrected chi connectivity index (χ4v) is 3.63. The first kappa shape index (κ1) is 15.0. The molecule has 20 heavy (non-hydrogen) atoms. The van der Waals surface area contributed by atoms with E-state index in [2.05, 4.69) is 27.5 Å². The van der Waals surface area contributed by atoms with Crippen LogP contribution in [0.1, 0.15) is 31.7 Å². The predicted molar refractivity (Wildman–Crippen MR) is 80.8 cm³/mol. The molecule has 0 spiro atoms. The molecule has 1 aliphatic heterocycles. The summed E-state index contributed by atoms with van der Waals surface area (Å²) < 4.78 is 22.8. The van der Waals surface area contributed by atoms with Crippen LogP contribution < -0.4 is 10.6 Å². The Morgan fingerprint density at radius 2 is 2.05 bits per heavy atom. The van der Waals surface area contributed by atoms with Gasteiger partial charge in [0.15, 0.2) is 0 Å². The average Bonchev–Trinajstić information content (AvgIpc) is 2.42. The fourth-order valence-electron chi connectivity index (χ4n) is 2.14. The van der Waals surface area contributed by atoms with Crippen molar-refractivity contribution in [1.82, 2.24) is 9.97 Å². The molecule has 2 N–H and O–H groups in total. The van der Waals surface area contributed by atoms with Crippen LogP contribution in [0.5, 0.6) is 0 Å². The lowest BCUT2D eigenvalue weighted by atomic mass is 10.1. The van der Waals surface area contributed by atoms with Crippen molar-refractivity contribution >= 4 is 21.6 Å². The molecule has 0 radical (unpaired) electrons. The first-order valence-corrected chi connectivity index (χ1v) is 8.87. The Balaban J connectivity index is 2.01. The van der Waals surface area contributed by atoms with Gasteiger partial charge in [0.05, 0.1) is 11.5 Å². The Labute approximate surface area is 120 Å². The third-order valence-corrected chi connectivity index (χ3v) is 5.12. The molecule has 1 aromatic heterocycles. The van der Waals surface area contributed by atoms with Gasteiger partial charge in [0, 0.05) is 24.3 Å². The maximum absolute atomic E-state index is 11.4. The lowest BCUT2D eigenvalue weighted by Crippen LogP contribution is -2.32. The van der Waals surface area contributed by atoms with E-state index >= 15 is 0 Å². The summed E-state index contributed by atoms with van der Waals surface area (Å²) in [7, 11) is -2.82. The molecule has 1 fully saturated rings. The molecule has 1 aromatic rings. The zero-order chi connectivity index (χ0) is 14.6. The summed E-state index contributed by atoms with van der Waals surface area (Å²) in [6.45, 7) is 4.87. The lowest BCUT2D eigenvalue weighted by Gasteiger charge is -2.24. The third kappa shape index (κ3) is 4.06. The number of hydrogen-bond acceptors (Lipinski definition) is 6. The van der Waals surface area contributed by atoms with Crippen molar-refractivity contribution in [3.63, 3.8) is 0 Å². The van der Waals surface area contributed by atoms with E-state index < -0.39 is 9.84 Å². The minimum absolute atomic E-state index is 0.172. The first-order chi connectivity index (χ1) is 9.50. The summed E-state index contributed by atoms with van der Waals surface area (Å²) in [6.07, 6.45) is 4.08. The van der Waals surface area contributed by atoms with Crippen molar-refractivity contribution in [2.24, 2.45) is 0 Å². The van der Waals surface area contributed by atoms with Crippen molar-refractivity contribution in [2.75, 3.05) is 28.7 Å². The van der Waals surface area contributed by atoms with Crippen molar-refractivity contribution < 1.29 is 8.42 Å². The van der Waals surface area contributed by atoms with Crippen LogP contribution in [-0.4, -0.2) is 42.5 Å². The Hall–Kier alpha value is -1.37. The van der Waals surface area contributed by atoms with Gasteiger partial charge in [-0.3, -0.25) is 0 Å². The van der Waals surface area contributed by atoms with Crippen LogP contribution in [0.4, 0.5) is 11.8 Å². The van der Waals surface area contributed by atoms with E-state index in [-0.39, 0.29) is 17.5 Å². The summed E-state index contributed by atoms with van der Waals surface area (Å²) in [6, 6.07) is 0.172. The van der Waals surface area contributed by atoms with E-state index in [1.807, 2.05) is 6.92 Å². The molecule has 0 amide bonds. The van der Waals surface area contributed by atoms with Gasteiger partial charge in [0.1, 0.15) is 15.7 Å². The van der Waals surface area contributed by atoms with Gasteiger partial charge in [-0.05, 0) is 26.2 Å². The standard InChI is InChI=1S/C13H22N4O2S/c1-3-6-14-13-15-9-10(2)12(17-13)16-11-4-7-20(18,19)8-5-11/h9,11H,3-8H2,1-2H3,(H2,14,15,16,17). The van der Waals surface area contributed by atoms with Crippen LogP contribution in [0.2, 0.25) is 0 Å². The van der Waals surface area contributed by atoms with Crippen LogP contribution >= 0.6 is 0 Å². The van der Waals surface area contributed by atoms with Crippen molar-refractivity contribution in [3.8, 4) is 0 Å². The Morgan fingerprint density at radius 1 is 1.35 bits per heavy atom. The average molecular weight is 298 g/mol. The molecule has 0 aromatic carbocycles. The van der Waals surface area contributed by atoms with E-state index in [1.165, 1.54) is 0 Å². The second kappa shape index (κ2) is 6.39.